The summed E-state index contributed by atoms with van der Waals surface area (Å²) in [6.07, 6.45) is 2.38. The standard InChI is InChI=1S/C17H19ClN2O3/c1-2-14(12-5-3-6-13(18)11-12)20-16(21)8-9-19-17(22)15-7-4-10-23-15/h3-7,10-11,14H,2,8-9H2,1H3,(H,19,22)(H,20,21). The molecule has 0 saturated carbocycles. The van der Waals surface area contributed by atoms with Crippen molar-refractivity contribution in [1.82, 2.24) is 10.6 Å². The zero-order valence-electron chi connectivity index (χ0n) is 12.8. The summed E-state index contributed by atoms with van der Waals surface area (Å²) < 4.78 is 4.98. The van der Waals surface area contributed by atoms with Crippen molar-refractivity contribution in [2.75, 3.05) is 6.54 Å². The maximum atomic E-state index is 12.0. The van der Waals surface area contributed by atoms with Crippen LogP contribution in [0.4, 0.5) is 0 Å². The van der Waals surface area contributed by atoms with Crippen molar-refractivity contribution in [1.29, 1.82) is 0 Å². The van der Waals surface area contributed by atoms with E-state index >= 15 is 0 Å². The van der Waals surface area contributed by atoms with Crippen molar-refractivity contribution in [2.24, 2.45) is 0 Å². The van der Waals surface area contributed by atoms with Gasteiger partial charge in [0.15, 0.2) is 5.76 Å². The molecular formula is C17H19ClN2O3. The highest BCUT2D eigenvalue weighted by atomic mass is 35.5. The zero-order valence-corrected chi connectivity index (χ0v) is 13.6. The minimum absolute atomic E-state index is 0.0954. The van der Waals surface area contributed by atoms with Crippen LogP contribution in [0.5, 0.6) is 0 Å². The van der Waals surface area contributed by atoms with Crippen molar-refractivity contribution in [2.45, 2.75) is 25.8 Å². The zero-order chi connectivity index (χ0) is 16.7. The summed E-state index contributed by atoms with van der Waals surface area (Å²) in [6.45, 7) is 2.24. The van der Waals surface area contributed by atoms with Gasteiger partial charge in [0, 0.05) is 18.0 Å². The summed E-state index contributed by atoms with van der Waals surface area (Å²) in [5, 5.41) is 6.23. The van der Waals surface area contributed by atoms with E-state index in [2.05, 4.69) is 10.6 Å². The van der Waals surface area contributed by atoms with Gasteiger partial charge < -0.3 is 15.1 Å². The molecule has 0 saturated heterocycles. The van der Waals surface area contributed by atoms with Crippen LogP contribution >= 0.6 is 11.6 Å². The molecule has 0 fully saturated rings. The van der Waals surface area contributed by atoms with E-state index in [0.717, 1.165) is 12.0 Å². The van der Waals surface area contributed by atoms with Gasteiger partial charge >= 0.3 is 0 Å². The Kier molecular flexibility index (Phi) is 6.23. The Morgan fingerprint density at radius 1 is 1.26 bits per heavy atom. The first-order chi connectivity index (χ1) is 11.1. The van der Waals surface area contributed by atoms with E-state index in [-0.39, 0.29) is 36.6 Å². The number of benzene rings is 1. The van der Waals surface area contributed by atoms with Gasteiger partial charge in [-0.15, -0.1) is 0 Å². The molecule has 2 aromatic rings. The van der Waals surface area contributed by atoms with Gasteiger partial charge in [-0.25, -0.2) is 0 Å². The summed E-state index contributed by atoms with van der Waals surface area (Å²) in [7, 11) is 0. The number of carbonyl (C=O) groups excluding carboxylic acids is 2. The van der Waals surface area contributed by atoms with Gasteiger partial charge in [-0.2, -0.15) is 0 Å². The molecule has 0 spiro atoms. The summed E-state index contributed by atoms with van der Waals surface area (Å²) >= 11 is 5.98. The molecule has 0 bridgehead atoms. The molecule has 23 heavy (non-hydrogen) atoms. The lowest BCUT2D eigenvalue weighted by molar-refractivity contribution is -0.121. The molecular weight excluding hydrogens is 316 g/mol. The van der Waals surface area contributed by atoms with E-state index < -0.39 is 0 Å². The fourth-order valence-corrected chi connectivity index (χ4v) is 2.39. The van der Waals surface area contributed by atoms with Crippen molar-refractivity contribution in [3.05, 3.63) is 59.0 Å². The van der Waals surface area contributed by atoms with Gasteiger partial charge in [-0.05, 0) is 36.2 Å². The summed E-state index contributed by atoms with van der Waals surface area (Å²) in [5.41, 5.74) is 0.966. The van der Waals surface area contributed by atoms with Gasteiger partial charge in [-0.1, -0.05) is 30.7 Å². The minimum atomic E-state index is -0.329. The van der Waals surface area contributed by atoms with Crippen LogP contribution in [0.25, 0.3) is 0 Å². The number of halogens is 1. The molecule has 122 valence electrons. The Labute approximate surface area is 140 Å². The first-order valence-electron chi connectivity index (χ1n) is 7.46. The van der Waals surface area contributed by atoms with Gasteiger partial charge in [0.1, 0.15) is 0 Å². The fraction of sp³-hybridized carbons (Fsp3) is 0.294. The molecule has 2 amide bonds. The van der Waals surface area contributed by atoms with Gasteiger partial charge in [0.25, 0.3) is 5.91 Å². The summed E-state index contributed by atoms with van der Waals surface area (Å²) in [5.74, 6) is -0.225. The average molecular weight is 335 g/mol. The molecule has 1 aromatic heterocycles. The van der Waals surface area contributed by atoms with E-state index in [9.17, 15) is 9.59 Å². The second kappa shape index (κ2) is 8.39. The first-order valence-corrected chi connectivity index (χ1v) is 7.84. The fourth-order valence-electron chi connectivity index (χ4n) is 2.20. The monoisotopic (exact) mass is 334 g/mol. The SMILES string of the molecule is CCC(NC(=O)CCNC(=O)c1ccco1)c1cccc(Cl)c1. The Bertz CT molecular complexity index is 656. The third kappa shape index (κ3) is 5.14. The Balaban J connectivity index is 1.80. The number of hydrogen-bond donors (Lipinski definition) is 2. The largest absolute Gasteiger partial charge is 0.459 e. The number of hydrogen-bond acceptors (Lipinski definition) is 3. The van der Waals surface area contributed by atoms with E-state index in [1.165, 1.54) is 6.26 Å². The van der Waals surface area contributed by atoms with E-state index in [4.69, 9.17) is 16.0 Å². The molecule has 0 radical (unpaired) electrons. The lowest BCUT2D eigenvalue weighted by Gasteiger charge is -2.17. The van der Waals surface area contributed by atoms with Crippen LogP contribution in [0.1, 0.15) is 41.9 Å². The highest BCUT2D eigenvalue weighted by Gasteiger charge is 2.14. The second-order valence-corrected chi connectivity index (χ2v) is 5.50. The lowest BCUT2D eigenvalue weighted by atomic mass is 10.0. The number of rotatable bonds is 7. The number of furan rings is 1. The molecule has 0 aliphatic carbocycles. The van der Waals surface area contributed by atoms with E-state index in [1.807, 2.05) is 25.1 Å². The lowest BCUT2D eigenvalue weighted by Crippen LogP contribution is -2.32. The molecule has 1 atom stereocenters. The molecule has 1 aromatic carbocycles. The topological polar surface area (TPSA) is 71.3 Å². The number of nitrogens with one attached hydrogen (secondary N) is 2. The van der Waals surface area contributed by atoms with Crippen LogP contribution in [0.2, 0.25) is 5.02 Å². The van der Waals surface area contributed by atoms with Crippen LogP contribution in [-0.2, 0) is 4.79 Å². The summed E-state index contributed by atoms with van der Waals surface area (Å²) in [4.78, 5) is 23.7. The molecule has 1 heterocycles. The molecule has 0 aliphatic rings. The molecule has 0 aliphatic heterocycles. The van der Waals surface area contributed by atoms with Crippen molar-refractivity contribution < 1.29 is 14.0 Å². The number of carbonyl (C=O) groups is 2. The Morgan fingerprint density at radius 2 is 2.09 bits per heavy atom. The first kappa shape index (κ1) is 17.1. The maximum Gasteiger partial charge on any atom is 0.286 e. The van der Waals surface area contributed by atoms with Crippen molar-refractivity contribution in [3.63, 3.8) is 0 Å². The maximum absolute atomic E-state index is 12.0. The molecule has 2 N–H and O–H groups in total. The Hall–Kier alpha value is -2.27. The van der Waals surface area contributed by atoms with Crippen LogP contribution in [0.3, 0.4) is 0 Å². The van der Waals surface area contributed by atoms with Crippen LogP contribution in [-0.4, -0.2) is 18.4 Å². The average Bonchev–Trinajstić information content (AvgIpc) is 3.07. The van der Waals surface area contributed by atoms with Crippen LogP contribution in [0, 0.1) is 0 Å². The molecule has 2 rings (SSSR count). The van der Waals surface area contributed by atoms with E-state index in [1.54, 1.807) is 18.2 Å². The normalized spacial score (nSPS) is 11.7. The van der Waals surface area contributed by atoms with Crippen LogP contribution in [0.15, 0.2) is 47.1 Å². The molecule has 1 unspecified atom stereocenters. The number of amides is 2. The second-order valence-electron chi connectivity index (χ2n) is 5.07. The molecule has 5 nitrogen and oxygen atoms in total. The highest BCUT2D eigenvalue weighted by Crippen LogP contribution is 2.20. The predicted molar refractivity (Wildman–Crippen MR) is 88.3 cm³/mol. The van der Waals surface area contributed by atoms with Crippen molar-refractivity contribution >= 4 is 23.4 Å². The van der Waals surface area contributed by atoms with Gasteiger partial charge in [0.05, 0.1) is 12.3 Å². The third-order valence-corrected chi connectivity index (χ3v) is 3.61. The molecule has 6 heteroatoms. The highest BCUT2D eigenvalue weighted by molar-refractivity contribution is 6.30. The van der Waals surface area contributed by atoms with Gasteiger partial charge in [-0.3, -0.25) is 9.59 Å². The summed E-state index contributed by atoms with van der Waals surface area (Å²) in [6, 6.07) is 10.5. The quantitative estimate of drug-likeness (QED) is 0.816. The third-order valence-electron chi connectivity index (χ3n) is 3.38. The van der Waals surface area contributed by atoms with Crippen LogP contribution < -0.4 is 10.6 Å². The van der Waals surface area contributed by atoms with Crippen molar-refractivity contribution in [3.8, 4) is 0 Å². The van der Waals surface area contributed by atoms with Gasteiger partial charge in [0.2, 0.25) is 5.91 Å². The Morgan fingerprint density at radius 3 is 2.74 bits per heavy atom. The smallest absolute Gasteiger partial charge is 0.286 e. The minimum Gasteiger partial charge on any atom is -0.459 e. The van der Waals surface area contributed by atoms with E-state index in [0.29, 0.717) is 5.02 Å². The predicted octanol–water partition coefficient (Wildman–Crippen LogP) is 3.32.